The highest BCUT2D eigenvalue weighted by Crippen LogP contribution is 2.28. The Kier molecular flexibility index (Phi) is 4.75. The van der Waals surface area contributed by atoms with Crippen molar-refractivity contribution in [3.8, 4) is 0 Å². The van der Waals surface area contributed by atoms with Gasteiger partial charge >= 0.3 is 0 Å². The van der Waals surface area contributed by atoms with Gasteiger partial charge in [-0.05, 0) is 30.2 Å². The van der Waals surface area contributed by atoms with Gasteiger partial charge in [-0.1, -0.05) is 43.3 Å². The first-order valence-electron chi connectivity index (χ1n) is 6.76. The van der Waals surface area contributed by atoms with E-state index in [1.54, 1.807) is 19.1 Å². The Morgan fingerprint density at radius 2 is 1.76 bits per heavy atom. The molecule has 0 fully saturated rings. The largest absolute Gasteiger partial charge is 0.323 e. The molecule has 0 aliphatic heterocycles. The highest BCUT2D eigenvalue weighted by atomic mass is 32.2. The Bertz CT molecular complexity index is 701. The molecule has 21 heavy (non-hydrogen) atoms. The van der Waals surface area contributed by atoms with Gasteiger partial charge in [-0.2, -0.15) is 0 Å². The summed E-state index contributed by atoms with van der Waals surface area (Å²) in [4.78, 5) is -0.0271. The monoisotopic (exact) mass is 307 g/mol. The van der Waals surface area contributed by atoms with Crippen molar-refractivity contribution in [3.63, 3.8) is 0 Å². The Morgan fingerprint density at radius 3 is 2.33 bits per heavy atom. The molecule has 3 nitrogen and oxygen atoms in total. The molecule has 0 bridgehead atoms. The Balaban J connectivity index is 2.41. The van der Waals surface area contributed by atoms with Crippen LogP contribution in [0.3, 0.4) is 0 Å². The zero-order valence-corrected chi connectivity index (χ0v) is 12.6. The lowest BCUT2D eigenvalue weighted by Crippen LogP contribution is -2.33. The minimum Gasteiger partial charge on any atom is -0.323 e. The van der Waals surface area contributed by atoms with Gasteiger partial charge < -0.3 is 5.73 Å². The number of nitrogens with two attached hydrogens (primary N) is 1. The molecule has 2 atom stereocenters. The molecule has 0 saturated heterocycles. The second-order valence-electron chi connectivity index (χ2n) is 4.89. The van der Waals surface area contributed by atoms with Crippen LogP contribution in [0.5, 0.6) is 0 Å². The van der Waals surface area contributed by atoms with Gasteiger partial charge in [0.15, 0.2) is 9.84 Å². The summed E-state index contributed by atoms with van der Waals surface area (Å²) < 4.78 is 38.7. The molecular formula is C16H18FNO2S. The van der Waals surface area contributed by atoms with E-state index in [2.05, 4.69) is 0 Å². The van der Waals surface area contributed by atoms with Crippen molar-refractivity contribution in [2.45, 2.75) is 29.5 Å². The van der Waals surface area contributed by atoms with Crippen LogP contribution in [0.1, 0.15) is 24.9 Å². The Labute approximate surface area is 124 Å². The molecule has 2 N–H and O–H groups in total. The lowest BCUT2D eigenvalue weighted by Gasteiger charge is -2.23. The molecule has 2 aromatic rings. The van der Waals surface area contributed by atoms with Gasteiger partial charge in [0.25, 0.3) is 0 Å². The molecule has 0 heterocycles. The third-order valence-corrected chi connectivity index (χ3v) is 5.85. The van der Waals surface area contributed by atoms with E-state index in [0.29, 0.717) is 6.42 Å². The molecule has 2 aromatic carbocycles. The summed E-state index contributed by atoms with van der Waals surface area (Å²) in [7, 11) is -3.69. The van der Waals surface area contributed by atoms with Crippen molar-refractivity contribution in [3.05, 3.63) is 66.0 Å². The zero-order valence-electron chi connectivity index (χ0n) is 11.7. The molecule has 112 valence electrons. The van der Waals surface area contributed by atoms with Gasteiger partial charge in [0.05, 0.1) is 10.1 Å². The van der Waals surface area contributed by atoms with Crippen molar-refractivity contribution in [2.75, 3.05) is 0 Å². The van der Waals surface area contributed by atoms with Crippen molar-refractivity contribution in [2.24, 2.45) is 5.73 Å². The molecule has 0 spiro atoms. The Morgan fingerprint density at radius 1 is 1.10 bits per heavy atom. The van der Waals surface area contributed by atoms with Gasteiger partial charge in [0, 0.05) is 6.04 Å². The van der Waals surface area contributed by atoms with Crippen molar-refractivity contribution < 1.29 is 12.8 Å². The topological polar surface area (TPSA) is 60.2 Å². The number of hydrogen-bond acceptors (Lipinski definition) is 3. The minimum absolute atomic E-state index is 0.0271. The lowest BCUT2D eigenvalue weighted by atomic mass is 10.0. The van der Waals surface area contributed by atoms with Crippen molar-refractivity contribution in [1.82, 2.24) is 0 Å². The summed E-state index contributed by atoms with van der Waals surface area (Å²) in [6.45, 7) is 1.77. The first kappa shape index (κ1) is 15.7. The standard InChI is InChI=1S/C16H18FNO2S/c1-2-15(16(18)12-7-4-3-5-8-12)21(19,20)14-10-6-9-13(17)11-14/h3-11,15-16H,2,18H2,1H3. The highest BCUT2D eigenvalue weighted by Gasteiger charge is 2.32. The molecule has 0 aliphatic rings. The van der Waals surface area contributed by atoms with Crippen LogP contribution < -0.4 is 5.73 Å². The van der Waals surface area contributed by atoms with E-state index in [0.717, 1.165) is 11.6 Å². The van der Waals surface area contributed by atoms with Crippen LogP contribution in [0.25, 0.3) is 0 Å². The number of hydrogen-bond donors (Lipinski definition) is 1. The van der Waals surface area contributed by atoms with Crippen LogP contribution in [0.2, 0.25) is 0 Å². The van der Waals surface area contributed by atoms with Crippen LogP contribution in [0.4, 0.5) is 4.39 Å². The van der Waals surface area contributed by atoms with Crippen LogP contribution >= 0.6 is 0 Å². The van der Waals surface area contributed by atoms with Gasteiger partial charge in [0.1, 0.15) is 5.82 Å². The fraction of sp³-hybridized carbons (Fsp3) is 0.250. The molecule has 0 amide bonds. The maximum absolute atomic E-state index is 13.3. The second-order valence-corrected chi connectivity index (χ2v) is 7.05. The summed E-state index contributed by atoms with van der Waals surface area (Å²) in [5.74, 6) is -0.570. The number of halogens is 1. The molecule has 0 radical (unpaired) electrons. The zero-order chi connectivity index (χ0) is 15.5. The third kappa shape index (κ3) is 3.31. The smallest absolute Gasteiger partial charge is 0.183 e. The lowest BCUT2D eigenvalue weighted by molar-refractivity contribution is 0.545. The fourth-order valence-corrected chi connectivity index (χ4v) is 4.25. The van der Waals surface area contributed by atoms with E-state index < -0.39 is 26.9 Å². The quantitative estimate of drug-likeness (QED) is 0.923. The molecule has 0 aliphatic carbocycles. The average Bonchev–Trinajstić information content (AvgIpc) is 2.48. The summed E-state index contributed by atoms with van der Waals surface area (Å²) >= 11 is 0. The fourth-order valence-electron chi connectivity index (χ4n) is 2.38. The second kappa shape index (κ2) is 6.37. The SMILES string of the molecule is CCC(C(N)c1ccccc1)S(=O)(=O)c1cccc(F)c1. The van der Waals surface area contributed by atoms with E-state index in [1.807, 2.05) is 18.2 Å². The van der Waals surface area contributed by atoms with Gasteiger partial charge in [0.2, 0.25) is 0 Å². The molecule has 0 saturated carbocycles. The van der Waals surface area contributed by atoms with Crippen LogP contribution in [-0.2, 0) is 9.84 Å². The number of benzene rings is 2. The molecule has 0 aromatic heterocycles. The maximum Gasteiger partial charge on any atom is 0.183 e. The predicted molar refractivity (Wildman–Crippen MR) is 81.0 cm³/mol. The Hall–Kier alpha value is -1.72. The van der Waals surface area contributed by atoms with Crippen LogP contribution in [-0.4, -0.2) is 13.7 Å². The summed E-state index contributed by atoms with van der Waals surface area (Å²) in [6, 6.07) is 13.5. The number of sulfone groups is 1. The molecule has 5 heteroatoms. The highest BCUT2D eigenvalue weighted by molar-refractivity contribution is 7.92. The number of rotatable bonds is 5. The van der Waals surface area contributed by atoms with E-state index in [-0.39, 0.29) is 4.90 Å². The maximum atomic E-state index is 13.3. The minimum atomic E-state index is -3.69. The third-order valence-electron chi connectivity index (χ3n) is 3.51. The van der Waals surface area contributed by atoms with E-state index in [1.165, 1.54) is 18.2 Å². The van der Waals surface area contributed by atoms with E-state index in [4.69, 9.17) is 5.73 Å². The van der Waals surface area contributed by atoms with Gasteiger partial charge in [-0.15, -0.1) is 0 Å². The molecular weight excluding hydrogens is 289 g/mol. The summed E-state index contributed by atoms with van der Waals surface area (Å²) in [5.41, 5.74) is 6.89. The summed E-state index contributed by atoms with van der Waals surface area (Å²) in [5, 5.41) is -0.790. The predicted octanol–water partition coefficient (Wildman–Crippen LogP) is 3.08. The van der Waals surface area contributed by atoms with Gasteiger partial charge in [-0.25, -0.2) is 12.8 Å². The molecule has 2 unspecified atom stereocenters. The van der Waals surface area contributed by atoms with Crippen molar-refractivity contribution in [1.29, 1.82) is 0 Å². The van der Waals surface area contributed by atoms with E-state index >= 15 is 0 Å². The van der Waals surface area contributed by atoms with Crippen molar-refractivity contribution >= 4 is 9.84 Å². The normalized spacial score (nSPS) is 14.6. The first-order valence-corrected chi connectivity index (χ1v) is 8.31. The molecule has 2 rings (SSSR count). The average molecular weight is 307 g/mol. The summed E-state index contributed by atoms with van der Waals surface area (Å²) in [6.07, 6.45) is 0.356. The van der Waals surface area contributed by atoms with Crippen LogP contribution in [0.15, 0.2) is 59.5 Å². The first-order chi connectivity index (χ1) is 9.96. The van der Waals surface area contributed by atoms with E-state index in [9.17, 15) is 12.8 Å². The van der Waals surface area contributed by atoms with Gasteiger partial charge in [-0.3, -0.25) is 0 Å². The van der Waals surface area contributed by atoms with Crippen LogP contribution in [0, 0.1) is 5.82 Å².